The Morgan fingerprint density at radius 1 is 1.06 bits per heavy atom. The SMILES string of the molecule is Oc1c(Cl)c(Cl)cc(Cl)c1-c1ccccn1. The number of nitrogens with zero attached hydrogens (tertiary/aromatic N) is 1. The monoisotopic (exact) mass is 273 g/mol. The molecule has 1 heterocycles. The van der Waals surface area contributed by atoms with Crippen LogP contribution in [0.25, 0.3) is 11.3 Å². The first-order chi connectivity index (χ1) is 7.61. The molecule has 5 heteroatoms. The Bertz CT molecular complexity index is 528. The van der Waals surface area contributed by atoms with Crippen molar-refractivity contribution in [2.24, 2.45) is 0 Å². The molecule has 1 aromatic carbocycles. The van der Waals surface area contributed by atoms with Gasteiger partial charge in [-0.15, -0.1) is 0 Å². The maximum Gasteiger partial charge on any atom is 0.146 e. The minimum absolute atomic E-state index is 0.0757. The van der Waals surface area contributed by atoms with Crippen molar-refractivity contribution < 1.29 is 5.11 Å². The van der Waals surface area contributed by atoms with Gasteiger partial charge in [0.05, 0.1) is 21.3 Å². The molecule has 0 fully saturated rings. The van der Waals surface area contributed by atoms with Crippen LogP contribution in [0.4, 0.5) is 0 Å². The van der Waals surface area contributed by atoms with E-state index in [-0.39, 0.29) is 15.8 Å². The van der Waals surface area contributed by atoms with Gasteiger partial charge in [-0.2, -0.15) is 0 Å². The number of pyridine rings is 1. The van der Waals surface area contributed by atoms with E-state index in [1.54, 1.807) is 24.4 Å². The highest BCUT2D eigenvalue weighted by Crippen LogP contribution is 2.43. The van der Waals surface area contributed by atoms with Crippen molar-refractivity contribution in [2.45, 2.75) is 0 Å². The van der Waals surface area contributed by atoms with Crippen molar-refractivity contribution >= 4 is 34.8 Å². The van der Waals surface area contributed by atoms with Crippen LogP contribution in [0.5, 0.6) is 5.75 Å². The average molecular weight is 275 g/mol. The molecule has 0 aliphatic rings. The van der Waals surface area contributed by atoms with Crippen molar-refractivity contribution in [1.82, 2.24) is 4.98 Å². The highest BCUT2D eigenvalue weighted by molar-refractivity contribution is 6.45. The van der Waals surface area contributed by atoms with E-state index in [9.17, 15) is 5.11 Å². The van der Waals surface area contributed by atoms with Gasteiger partial charge < -0.3 is 5.11 Å². The molecule has 0 aliphatic heterocycles. The number of phenols is 1. The summed E-state index contributed by atoms with van der Waals surface area (Å²) in [4.78, 5) is 4.10. The van der Waals surface area contributed by atoms with Crippen molar-refractivity contribution in [2.75, 3.05) is 0 Å². The molecule has 82 valence electrons. The quantitative estimate of drug-likeness (QED) is 0.781. The smallest absolute Gasteiger partial charge is 0.146 e. The molecule has 16 heavy (non-hydrogen) atoms. The number of phenolic OH excluding ortho intramolecular Hbond substituents is 1. The van der Waals surface area contributed by atoms with E-state index in [1.165, 1.54) is 6.07 Å². The van der Waals surface area contributed by atoms with E-state index >= 15 is 0 Å². The third-order valence-electron chi connectivity index (χ3n) is 2.07. The first-order valence-electron chi connectivity index (χ1n) is 4.39. The van der Waals surface area contributed by atoms with Gasteiger partial charge in [-0.3, -0.25) is 4.98 Å². The summed E-state index contributed by atoms with van der Waals surface area (Å²) in [6, 6.07) is 6.77. The fourth-order valence-corrected chi connectivity index (χ4v) is 2.04. The second kappa shape index (κ2) is 4.50. The zero-order valence-electron chi connectivity index (χ0n) is 7.92. The lowest BCUT2D eigenvalue weighted by atomic mass is 10.1. The summed E-state index contributed by atoms with van der Waals surface area (Å²) in [5, 5.41) is 10.5. The Labute approximate surface area is 107 Å². The Morgan fingerprint density at radius 2 is 1.81 bits per heavy atom. The minimum atomic E-state index is -0.155. The topological polar surface area (TPSA) is 33.1 Å². The van der Waals surface area contributed by atoms with Gasteiger partial charge in [0.15, 0.2) is 0 Å². The third kappa shape index (κ3) is 1.96. The van der Waals surface area contributed by atoms with Crippen molar-refractivity contribution in [3.05, 3.63) is 45.5 Å². The van der Waals surface area contributed by atoms with Gasteiger partial charge in [0.2, 0.25) is 0 Å². The summed E-state index contributed by atoms with van der Waals surface area (Å²) >= 11 is 17.6. The first-order valence-corrected chi connectivity index (χ1v) is 5.52. The number of rotatable bonds is 1. The Kier molecular flexibility index (Phi) is 3.24. The van der Waals surface area contributed by atoms with Crippen molar-refractivity contribution in [3.63, 3.8) is 0 Å². The Morgan fingerprint density at radius 3 is 2.44 bits per heavy atom. The number of benzene rings is 1. The highest BCUT2D eigenvalue weighted by atomic mass is 35.5. The Hall–Kier alpha value is -0.960. The Balaban J connectivity index is 2.71. The summed E-state index contributed by atoms with van der Waals surface area (Å²) in [5.74, 6) is -0.155. The molecule has 0 bridgehead atoms. The van der Waals surface area contributed by atoms with Gasteiger partial charge in [-0.25, -0.2) is 0 Å². The fourth-order valence-electron chi connectivity index (χ4n) is 1.34. The number of hydrogen-bond acceptors (Lipinski definition) is 2. The van der Waals surface area contributed by atoms with E-state index in [0.717, 1.165) is 0 Å². The molecule has 0 saturated heterocycles. The van der Waals surface area contributed by atoms with Gasteiger partial charge in [-0.05, 0) is 18.2 Å². The number of halogens is 3. The molecule has 2 aromatic rings. The average Bonchev–Trinajstić information content (AvgIpc) is 2.28. The summed E-state index contributed by atoms with van der Waals surface area (Å²) in [6.07, 6.45) is 1.60. The lowest BCUT2D eigenvalue weighted by Gasteiger charge is -2.09. The second-order valence-electron chi connectivity index (χ2n) is 3.09. The first kappa shape index (κ1) is 11.5. The maximum absolute atomic E-state index is 9.87. The van der Waals surface area contributed by atoms with Crippen LogP contribution in [-0.2, 0) is 0 Å². The number of aromatic hydroxyl groups is 1. The minimum Gasteiger partial charge on any atom is -0.506 e. The van der Waals surface area contributed by atoms with Crippen LogP contribution in [0.3, 0.4) is 0 Å². The lowest BCUT2D eigenvalue weighted by molar-refractivity contribution is 0.477. The third-order valence-corrected chi connectivity index (χ3v) is 3.14. The van der Waals surface area contributed by atoms with E-state index in [4.69, 9.17) is 34.8 Å². The van der Waals surface area contributed by atoms with Crippen LogP contribution in [-0.4, -0.2) is 10.1 Å². The van der Waals surface area contributed by atoms with Crippen LogP contribution in [0, 0.1) is 0 Å². The van der Waals surface area contributed by atoms with Crippen molar-refractivity contribution in [1.29, 1.82) is 0 Å². The molecule has 1 aromatic heterocycles. The van der Waals surface area contributed by atoms with Gasteiger partial charge in [0.25, 0.3) is 0 Å². The van der Waals surface area contributed by atoms with Crippen LogP contribution in [0.1, 0.15) is 0 Å². The molecule has 2 nitrogen and oxygen atoms in total. The van der Waals surface area contributed by atoms with Crippen molar-refractivity contribution in [3.8, 4) is 17.0 Å². The van der Waals surface area contributed by atoms with Crippen LogP contribution < -0.4 is 0 Å². The summed E-state index contributed by atoms with van der Waals surface area (Å²) < 4.78 is 0. The van der Waals surface area contributed by atoms with Gasteiger partial charge in [0, 0.05) is 6.20 Å². The predicted octanol–water partition coefficient (Wildman–Crippen LogP) is 4.41. The van der Waals surface area contributed by atoms with E-state index < -0.39 is 0 Å². The molecule has 0 saturated carbocycles. The second-order valence-corrected chi connectivity index (χ2v) is 4.29. The summed E-state index contributed by atoms with van der Waals surface area (Å²) in [6.45, 7) is 0. The predicted molar refractivity (Wildman–Crippen MR) is 66.4 cm³/mol. The molecular weight excluding hydrogens is 268 g/mol. The van der Waals surface area contributed by atoms with Crippen LogP contribution in [0.2, 0.25) is 15.1 Å². The van der Waals surface area contributed by atoms with E-state index in [0.29, 0.717) is 16.3 Å². The highest BCUT2D eigenvalue weighted by Gasteiger charge is 2.16. The molecule has 1 N–H and O–H groups in total. The zero-order chi connectivity index (χ0) is 11.7. The van der Waals surface area contributed by atoms with Crippen LogP contribution >= 0.6 is 34.8 Å². The molecule has 0 spiro atoms. The van der Waals surface area contributed by atoms with E-state index in [2.05, 4.69) is 4.98 Å². The van der Waals surface area contributed by atoms with Gasteiger partial charge in [-0.1, -0.05) is 40.9 Å². The summed E-state index contributed by atoms with van der Waals surface area (Å²) in [7, 11) is 0. The zero-order valence-corrected chi connectivity index (χ0v) is 10.2. The van der Waals surface area contributed by atoms with Crippen LogP contribution in [0.15, 0.2) is 30.5 Å². The fraction of sp³-hybridized carbons (Fsp3) is 0. The molecule has 0 radical (unpaired) electrons. The number of aromatic nitrogens is 1. The largest absolute Gasteiger partial charge is 0.506 e. The van der Waals surface area contributed by atoms with Gasteiger partial charge >= 0.3 is 0 Å². The molecule has 0 atom stereocenters. The molecule has 2 rings (SSSR count). The van der Waals surface area contributed by atoms with E-state index in [1.807, 2.05) is 0 Å². The number of hydrogen-bond donors (Lipinski definition) is 1. The summed E-state index contributed by atoms with van der Waals surface area (Å²) in [5.41, 5.74) is 0.931. The standard InChI is InChI=1S/C11H6Cl3NO/c12-6-5-7(13)10(14)11(16)9(6)8-3-1-2-4-15-8/h1-5,16H. The molecule has 0 amide bonds. The molecular formula is C11H6Cl3NO. The van der Waals surface area contributed by atoms with Gasteiger partial charge in [0.1, 0.15) is 10.8 Å². The molecule has 0 aliphatic carbocycles. The lowest BCUT2D eigenvalue weighted by Crippen LogP contribution is -1.86. The maximum atomic E-state index is 9.87. The normalized spacial score (nSPS) is 10.4. The molecule has 0 unspecified atom stereocenters.